The Morgan fingerprint density at radius 1 is 1.31 bits per heavy atom. The molecule has 0 heterocycles. The van der Waals surface area contributed by atoms with E-state index in [1.807, 2.05) is 18.2 Å². The van der Waals surface area contributed by atoms with Crippen molar-refractivity contribution in [1.29, 1.82) is 0 Å². The first-order valence-electron chi connectivity index (χ1n) is 5.66. The zero-order valence-corrected chi connectivity index (χ0v) is 10.0. The standard InChI is InChI=1S/C13H21NO2/c1-11(12-6-4-3-5-7-12)8-14-13(9-15)10-16-2/h3-7,11,13-15H,8-10H2,1-2H3. The van der Waals surface area contributed by atoms with Crippen LogP contribution in [0.3, 0.4) is 0 Å². The van der Waals surface area contributed by atoms with Gasteiger partial charge in [-0.2, -0.15) is 0 Å². The second-order valence-corrected chi connectivity index (χ2v) is 4.05. The Bertz CT molecular complexity index is 277. The molecular weight excluding hydrogens is 202 g/mol. The van der Waals surface area contributed by atoms with Gasteiger partial charge in [0.15, 0.2) is 0 Å². The number of ether oxygens (including phenoxy) is 1. The van der Waals surface area contributed by atoms with Crippen LogP contribution in [0.2, 0.25) is 0 Å². The number of methoxy groups -OCH3 is 1. The molecule has 16 heavy (non-hydrogen) atoms. The lowest BCUT2D eigenvalue weighted by Crippen LogP contribution is -2.38. The third-order valence-corrected chi connectivity index (χ3v) is 2.67. The molecular formula is C13H21NO2. The molecule has 1 aromatic carbocycles. The zero-order valence-electron chi connectivity index (χ0n) is 10.0. The largest absolute Gasteiger partial charge is 0.395 e. The number of hydrogen-bond donors (Lipinski definition) is 2. The van der Waals surface area contributed by atoms with Crippen molar-refractivity contribution in [2.45, 2.75) is 18.9 Å². The van der Waals surface area contributed by atoms with Crippen LogP contribution in [0, 0.1) is 0 Å². The van der Waals surface area contributed by atoms with Crippen molar-refractivity contribution in [2.75, 3.05) is 26.9 Å². The summed E-state index contributed by atoms with van der Waals surface area (Å²) in [6, 6.07) is 10.4. The Labute approximate surface area is 97.4 Å². The lowest BCUT2D eigenvalue weighted by atomic mass is 10.0. The van der Waals surface area contributed by atoms with Gasteiger partial charge in [0, 0.05) is 13.7 Å². The minimum atomic E-state index is 0.0242. The van der Waals surface area contributed by atoms with Gasteiger partial charge in [0.05, 0.1) is 19.3 Å². The van der Waals surface area contributed by atoms with Crippen LogP contribution < -0.4 is 5.32 Å². The van der Waals surface area contributed by atoms with Crippen LogP contribution in [0.1, 0.15) is 18.4 Å². The van der Waals surface area contributed by atoms with Crippen molar-refractivity contribution >= 4 is 0 Å². The Hall–Kier alpha value is -0.900. The second kappa shape index (κ2) is 7.39. The molecule has 2 unspecified atom stereocenters. The van der Waals surface area contributed by atoms with Crippen LogP contribution in [0.5, 0.6) is 0 Å². The summed E-state index contributed by atoms with van der Waals surface area (Å²) in [7, 11) is 1.64. The van der Waals surface area contributed by atoms with Crippen molar-refractivity contribution in [1.82, 2.24) is 5.32 Å². The number of aliphatic hydroxyl groups is 1. The van der Waals surface area contributed by atoms with Crippen LogP contribution in [0.4, 0.5) is 0 Å². The molecule has 2 N–H and O–H groups in total. The number of nitrogens with one attached hydrogen (secondary N) is 1. The van der Waals surface area contributed by atoms with Gasteiger partial charge < -0.3 is 15.2 Å². The van der Waals surface area contributed by atoms with Gasteiger partial charge in [0.25, 0.3) is 0 Å². The molecule has 3 nitrogen and oxygen atoms in total. The highest BCUT2D eigenvalue weighted by molar-refractivity contribution is 5.18. The number of rotatable bonds is 7. The van der Waals surface area contributed by atoms with Gasteiger partial charge in [-0.05, 0) is 11.5 Å². The van der Waals surface area contributed by atoms with Gasteiger partial charge in [-0.1, -0.05) is 37.3 Å². The smallest absolute Gasteiger partial charge is 0.0638 e. The predicted octanol–water partition coefficient (Wildman–Crippen LogP) is 1.39. The molecule has 90 valence electrons. The topological polar surface area (TPSA) is 41.5 Å². The maximum atomic E-state index is 9.10. The Morgan fingerprint density at radius 2 is 2.00 bits per heavy atom. The van der Waals surface area contributed by atoms with Gasteiger partial charge in [0.2, 0.25) is 0 Å². The van der Waals surface area contributed by atoms with Crippen molar-refractivity contribution in [3.8, 4) is 0 Å². The molecule has 0 saturated heterocycles. The molecule has 0 aromatic heterocycles. The molecule has 2 atom stereocenters. The summed E-state index contributed by atoms with van der Waals surface area (Å²) in [5.41, 5.74) is 1.31. The minimum Gasteiger partial charge on any atom is -0.395 e. The first-order chi connectivity index (χ1) is 7.77. The number of aliphatic hydroxyl groups excluding tert-OH is 1. The average Bonchev–Trinajstić information content (AvgIpc) is 2.35. The van der Waals surface area contributed by atoms with Crippen LogP contribution in [-0.2, 0) is 4.74 Å². The molecule has 0 fully saturated rings. The molecule has 0 amide bonds. The van der Waals surface area contributed by atoms with E-state index < -0.39 is 0 Å². The molecule has 3 heteroatoms. The molecule has 0 radical (unpaired) electrons. The minimum absolute atomic E-state index is 0.0242. The van der Waals surface area contributed by atoms with Crippen molar-refractivity contribution in [3.63, 3.8) is 0 Å². The van der Waals surface area contributed by atoms with E-state index in [-0.39, 0.29) is 12.6 Å². The molecule has 0 saturated carbocycles. The van der Waals surface area contributed by atoms with Crippen LogP contribution >= 0.6 is 0 Å². The third kappa shape index (κ3) is 4.31. The van der Waals surface area contributed by atoms with Gasteiger partial charge in [-0.25, -0.2) is 0 Å². The maximum Gasteiger partial charge on any atom is 0.0638 e. The van der Waals surface area contributed by atoms with E-state index in [9.17, 15) is 0 Å². The van der Waals surface area contributed by atoms with Crippen molar-refractivity contribution in [3.05, 3.63) is 35.9 Å². The summed E-state index contributed by atoms with van der Waals surface area (Å²) in [5, 5.41) is 12.4. The van der Waals surface area contributed by atoms with E-state index in [4.69, 9.17) is 9.84 Å². The Morgan fingerprint density at radius 3 is 2.56 bits per heavy atom. The molecule has 0 bridgehead atoms. The molecule has 0 spiro atoms. The fourth-order valence-corrected chi connectivity index (χ4v) is 1.62. The highest BCUT2D eigenvalue weighted by Gasteiger charge is 2.09. The van der Waals surface area contributed by atoms with E-state index in [1.54, 1.807) is 7.11 Å². The van der Waals surface area contributed by atoms with E-state index in [0.29, 0.717) is 12.5 Å². The highest BCUT2D eigenvalue weighted by Crippen LogP contribution is 2.13. The first-order valence-corrected chi connectivity index (χ1v) is 5.66. The van der Waals surface area contributed by atoms with Gasteiger partial charge >= 0.3 is 0 Å². The van der Waals surface area contributed by atoms with E-state index in [2.05, 4.69) is 24.4 Å². The van der Waals surface area contributed by atoms with Gasteiger partial charge in [-0.3, -0.25) is 0 Å². The number of benzene rings is 1. The lowest BCUT2D eigenvalue weighted by molar-refractivity contribution is 0.128. The quantitative estimate of drug-likeness (QED) is 0.734. The summed E-state index contributed by atoms with van der Waals surface area (Å²) in [6.07, 6.45) is 0. The summed E-state index contributed by atoms with van der Waals surface area (Å²) in [4.78, 5) is 0. The maximum absolute atomic E-state index is 9.10. The van der Waals surface area contributed by atoms with E-state index >= 15 is 0 Å². The molecule has 0 aliphatic heterocycles. The third-order valence-electron chi connectivity index (χ3n) is 2.67. The van der Waals surface area contributed by atoms with Crippen molar-refractivity contribution < 1.29 is 9.84 Å². The summed E-state index contributed by atoms with van der Waals surface area (Å²) < 4.78 is 5.01. The summed E-state index contributed by atoms with van der Waals surface area (Å²) >= 11 is 0. The second-order valence-electron chi connectivity index (χ2n) is 4.05. The molecule has 0 aliphatic rings. The predicted molar refractivity (Wildman–Crippen MR) is 65.6 cm³/mol. The molecule has 1 rings (SSSR count). The lowest BCUT2D eigenvalue weighted by Gasteiger charge is -2.19. The summed E-state index contributed by atoms with van der Waals surface area (Å²) in [5.74, 6) is 0.437. The molecule has 1 aromatic rings. The van der Waals surface area contributed by atoms with Crippen LogP contribution in [0.15, 0.2) is 30.3 Å². The number of hydrogen-bond acceptors (Lipinski definition) is 3. The van der Waals surface area contributed by atoms with Gasteiger partial charge in [0.1, 0.15) is 0 Å². The van der Waals surface area contributed by atoms with Crippen molar-refractivity contribution in [2.24, 2.45) is 0 Å². The fraction of sp³-hybridized carbons (Fsp3) is 0.538. The molecule has 0 aliphatic carbocycles. The normalized spacial score (nSPS) is 14.7. The Kier molecular flexibility index (Phi) is 6.08. The van der Waals surface area contributed by atoms with Gasteiger partial charge in [-0.15, -0.1) is 0 Å². The SMILES string of the molecule is COCC(CO)NCC(C)c1ccccc1. The zero-order chi connectivity index (χ0) is 11.8. The average molecular weight is 223 g/mol. The van der Waals surface area contributed by atoms with Crippen LogP contribution in [-0.4, -0.2) is 38.0 Å². The Balaban J connectivity index is 2.37. The van der Waals surface area contributed by atoms with E-state index in [1.165, 1.54) is 5.56 Å². The fourth-order valence-electron chi connectivity index (χ4n) is 1.62. The first kappa shape index (κ1) is 13.2. The van der Waals surface area contributed by atoms with Crippen LogP contribution in [0.25, 0.3) is 0 Å². The summed E-state index contributed by atoms with van der Waals surface area (Å²) in [6.45, 7) is 3.66. The highest BCUT2D eigenvalue weighted by atomic mass is 16.5. The van der Waals surface area contributed by atoms with E-state index in [0.717, 1.165) is 6.54 Å². The monoisotopic (exact) mass is 223 g/mol.